The van der Waals surface area contributed by atoms with E-state index in [-0.39, 0.29) is 47.3 Å². The van der Waals surface area contributed by atoms with Gasteiger partial charge in [0, 0.05) is 25.1 Å². The van der Waals surface area contributed by atoms with Crippen LogP contribution in [0.25, 0.3) is 0 Å². The lowest BCUT2D eigenvalue weighted by Crippen LogP contribution is -2.47. The number of aromatic hydroxyl groups is 1. The predicted octanol–water partition coefficient (Wildman–Crippen LogP) is 4.25. The number of methoxy groups -OCH3 is 1. The Morgan fingerprint density at radius 3 is 2.31 bits per heavy atom. The number of carbonyl (C=O) groups is 4. The summed E-state index contributed by atoms with van der Waals surface area (Å²) in [6.45, 7) is 12.9. The van der Waals surface area contributed by atoms with Crippen molar-refractivity contribution in [1.29, 1.82) is 0 Å². The zero-order valence-corrected chi connectivity index (χ0v) is 25.2. The first-order valence-corrected chi connectivity index (χ1v) is 13.7. The molecule has 0 saturated carbocycles. The van der Waals surface area contributed by atoms with Gasteiger partial charge in [0.05, 0.1) is 12.7 Å². The largest absolute Gasteiger partial charge is 0.507 e. The average Bonchev–Trinajstić information content (AvgIpc) is 3.24. The van der Waals surface area contributed by atoms with Gasteiger partial charge in [-0.05, 0) is 69.4 Å². The fraction of sp³-hybridized carbons (Fsp3) is 0.394. The fourth-order valence-electron chi connectivity index (χ4n) is 5.73. The Balaban J connectivity index is 1.72. The highest BCUT2D eigenvalue weighted by Crippen LogP contribution is 2.56. The van der Waals surface area contributed by atoms with E-state index in [1.807, 2.05) is 34.6 Å². The van der Waals surface area contributed by atoms with Crippen molar-refractivity contribution in [3.63, 3.8) is 0 Å². The number of fused-ring (bicyclic) bond motifs is 3. The summed E-state index contributed by atoms with van der Waals surface area (Å²) in [4.78, 5) is 52.0. The molecule has 2 N–H and O–H groups in total. The van der Waals surface area contributed by atoms with E-state index in [1.165, 1.54) is 27.0 Å². The highest BCUT2D eigenvalue weighted by Gasteiger charge is 2.58. The molecule has 9 nitrogen and oxygen atoms in total. The lowest BCUT2D eigenvalue weighted by Gasteiger charge is -2.30. The first-order valence-electron chi connectivity index (χ1n) is 13.7. The van der Waals surface area contributed by atoms with Crippen LogP contribution in [0.1, 0.15) is 70.9 Å². The number of hydrogen-bond acceptors (Lipinski definition) is 8. The Hall–Kier alpha value is -4.58. The van der Waals surface area contributed by atoms with Crippen LogP contribution in [0.2, 0.25) is 0 Å². The summed E-state index contributed by atoms with van der Waals surface area (Å²) >= 11 is 0. The number of ether oxygens (including phenoxy) is 3. The van der Waals surface area contributed by atoms with Gasteiger partial charge in [-0.3, -0.25) is 19.2 Å². The van der Waals surface area contributed by atoms with Gasteiger partial charge in [0.1, 0.15) is 52.3 Å². The van der Waals surface area contributed by atoms with E-state index in [0.29, 0.717) is 0 Å². The summed E-state index contributed by atoms with van der Waals surface area (Å²) in [5, 5.41) is 13.9. The van der Waals surface area contributed by atoms with Crippen molar-refractivity contribution in [3.05, 3.63) is 56.8 Å². The van der Waals surface area contributed by atoms with Crippen LogP contribution in [0.4, 0.5) is 0 Å². The number of phenols is 1. The first kappa shape index (κ1) is 30.4. The molecule has 1 aliphatic heterocycles. The van der Waals surface area contributed by atoms with Gasteiger partial charge in [0.2, 0.25) is 0 Å². The highest BCUT2D eigenvalue weighted by molar-refractivity contribution is 6.27. The maximum Gasteiger partial charge on any atom is 0.259 e. The first-order chi connectivity index (χ1) is 19.8. The molecule has 1 aliphatic carbocycles. The molecule has 2 aromatic rings. The zero-order chi connectivity index (χ0) is 31.1. The Labute approximate surface area is 245 Å². The number of allylic oxidation sites excluding steroid dienone is 2. The van der Waals surface area contributed by atoms with E-state index in [1.54, 1.807) is 0 Å². The second-order valence-electron chi connectivity index (χ2n) is 10.7. The molecule has 0 radical (unpaired) electrons. The number of hydrogen-bond donors (Lipinski definition) is 2. The van der Waals surface area contributed by atoms with Gasteiger partial charge in [-0.1, -0.05) is 12.8 Å². The van der Waals surface area contributed by atoms with E-state index in [9.17, 15) is 24.3 Å². The van der Waals surface area contributed by atoms with Crippen LogP contribution in [0.5, 0.6) is 23.0 Å². The molecule has 0 aromatic heterocycles. The SMILES string of the molecule is CCC#CCOc1c(C)c(C)c(CNC(=O)c2c(OC)cc(O)c3c2OC2=CC(=O)C(C(C)=O)C(=O)[C@]23C)c(C)c1C. The van der Waals surface area contributed by atoms with E-state index < -0.39 is 34.6 Å². The molecule has 220 valence electrons. The lowest BCUT2D eigenvalue weighted by molar-refractivity contribution is -0.140. The minimum absolute atomic E-state index is 0.00942. The van der Waals surface area contributed by atoms with E-state index in [4.69, 9.17) is 14.2 Å². The Kier molecular flexibility index (Phi) is 8.22. The molecule has 0 spiro atoms. The van der Waals surface area contributed by atoms with Crippen LogP contribution in [0.15, 0.2) is 17.9 Å². The van der Waals surface area contributed by atoms with Crippen molar-refractivity contribution in [2.24, 2.45) is 5.92 Å². The summed E-state index contributed by atoms with van der Waals surface area (Å²) in [5.41, 5.74) is 3.05. The quantitative estimate of drug-likeness (QED) is 0.372. The predicted molar refractivity (Wildman–Crippen MR) is 155 cm³/mol. The van der Waals surface area contributed by atoms with Crippen LogP contribution in [-0.2, 0) is 26.3 Å². The number of ketones is 3. The molecule has 1 heterocycles. The van der Waals surface area contributed by atoms with Crippen LogP contribution in [0.3, 0.4) is 0 Å². The standard InChI is InChI=1S/C33H35NO8/c1-9-10-11-12-41-29-18(4)16(2)21(17(3)19(29)5)15-34-32(39)27-24(40-8)13-23(37)28-30(27)42-25-14-22(36)26(20(6)35)31(38)33(25,28)7/h13-14,26,37H,9,12,15H2,1-8H3,(H,34,39)/t26?,33-/m1/s1. The second-order valence-corrected chi connectivity index (χ2v) is 10.7. The van der Waals surface area contributed by atoms with Crippen LogP contribution in [-0.4, -0.2) is 42.1 Å². The summed E-state index contributed by atoms with van der Waals surface area (Å²) < 4.78 is 17.3. The number of rotatable bonds is 7. The molecule has 0 bridgehead atoms. The third kappa shape index (κ3) is 4.71. The minimum atomic E-state index is -1.64. The van der Waals surface area contributed by atoms with Crippen molar-refractivity contribution < 1.29 is 38.5 Å². The minimum Gasteiger partial charge on any atom is -0.507 e. The average molecular weight is 574 g/mol. The van der Waals surface area contributed by atoms with E-state index >= 15 is 0 Å². The number of carbonyl (C=O) groups excluding carboxylic acids is 4. The number of Topliss-reactive ketones (excluding diaryl/α,β-unsaturated/α-hetero) is 2. The Morgan fingerprint density at radius 2 is 1.74 bits per heavy atom. The van der Waals surface area contributed by atoms with Gasteiger partial charge in [-0.25, -0.2) is 0 Å². The van der Waals surface area contributed by atoms with Crippen molar-refractivity contribution in [1.82, 2.24) is 5.32 Å². The van der Waals surface area contributed by atoms with Gasteiger partial charge in [0.25, 0.3) is 5.91 Å². The van der Waals surface area contributed by atoms with Crippen molar-refractivity contribution in [2.45, 2.75) is 66.8 Å². The summed E-state index contributed by atoms with van der Waals surface area (Å²) in [6.07, 6.45) is 1.85. The number of nitrogens with one attached hydrogen (secondary N) is 1. The van der Waals surface area contributed by atoms with Crippen LogP contribution >= 0.6 is 0 Å². The Bertz CT molecular complexity index is 1610. The molecular formula is C33H35NO8. The molecule has 0 saturated heterocycles. The van der Waals surface area contributed by atoms with E-state index in [2.05, 4.69) is 17.2 Å². The maximum absolute atomic E-state index is 13.7. The summed E-state index contributed by atoms with van der Waals surface area (Å²) in [7, 11) is 1.34. The normalized spacial score (nSPS) is 18.7. The highest BCUT2D eigenvalue weighted by atomic mass is 16.5. The zero-order valence-electron chi connectivity index (χ0n) is 25.2. The number of benzene rings is 2. The van der Waals surface area contributed by atoms with Crippen molar-refractivity contribution in [3.8, 4) is 34.8 Å². The smallest absolute Gasteiger partial charge is 0.259 e. The maximum atomic E-state index is 13.7. The Morgan fingerprint density at radius 1 is 1.10 bits per heavy atom. The molecule has 4 rings (SSSR count). The third-order valence-electron chi connectivity index (χ3n) is 8.32. The summed E-state index contributed by atoms with van der Waals surface area (Å²) in [5.74, 6) is 2.14. The lowest BCUT2D eigenvalue weighted by atomic mass is 9.67. The molecule has 9 heteroatoms. The van der Waals surface area contributed by atoms with Gasteiger partial charge in [-0.2, -0.15) is 0 Å². The molecule has 2 atom stereocenters. The van der Waals surface area contributed by atoms with Gasteiger partial charge >= 0.3 is 0 Å². The van der Waals surface area contributed by atoms with E-state index in [0.717, 1.165) is 46.1 Å². The summed E-state index contributed by atoms with van der Waals surface area (Å²) in [6, 6.07) is 1.23. The molecular weight excluding hydrogens is 538 g/mol. The molecule has 2 aliphatic rings. The molecule has 1 unspecified atom stereocenters. The fourth-order valence-corrected chi connectivity index (χ4v) is 5.73. The topological polar surface area (TPSA) is 128 Å². The van der Waals surface area contributed by atoms with Crippen molar-refractivity contribution >= 4 is 23.3 Å². The van der Waals surface area contributed by atoms with Crippen LogP contribution in [0, 0.1) is 45.5 Å². The molecule has 1 amide bonds. The van der Waals surface area contributed by atoms with Crippen LogP contribution < -0.4 is 19.5 Å². The second kappa shape index (κ2) is 11.4. The van der Waals surface area contributed by atoms with Crippen molar-refractivity contribution in [2.75, 3.05) is 13.7 Å². The molecule has 2 aromatic carbocycles. The number of amides is 1. The van der Waals surface area contributed by atoms with Gasteiger partial charge in [-0.15, -0.1) is 5.92 Å². The van der Waals surface area contributed by atoms with Gasteiger partial charge in [0.15, 0.2) is 17.3 Å². The van der Waals surface area contributed by atoms with Gasteiger partial charge < -0.3 is 24.6 Å². The molecule has 0 fully saturated rings. The monoisotopic (exact) mass is 573 g/mol. The number of phenolic OH excluding ortho intramolecular Hbond substituents is 1. The molecule has 42 heavy (non-hydrogen) atoms. The third-order valence-corrected chi connectivity index (χ3v) is 8.32.